The highest BCUT2D eigenvalue weighted by molar-refractivity contribution is 9.10. The first-order valence-electron chi connectivity index (χ1n) is 6.08. The Morgan fingerprint density at radius 3 is 2.80 bits per heavy atom. The Bertz CT molecular complexity index is 684. The van der Waals surface area contributed by atoms with Gasteiger partial charge in [-0.2, -0.15) is 5.10 Å². The highest BCUT2D eigenvalue weighted by Gasteiger charge is 2.31. The summed E-state index contributed by atoms with van der Waals surface area (Å²) in [6, 6.07) is 0.799. The lowest BCUT2D eigenvalue weighted by molar-refractivity contribution is -0.0663. The van der Waals surface area contributed by atoms with Crippen LogP contribution in [-0.2, 0) is 17.9 Å². The monoisotopic (exact) mass is 343 g/mol. The molecule has 7 heteroatoms. The van der Waals surface area contributed by atoms with Crippen molar-refractivity contribution in [2.75, 3.05) is 0 Å². The third-order valence-corrected chi connectivity index (χ3v) is 3.99. The fourth-order valence-corrected chi connectivity index (χ4v) is 2.74. The summed E-state index contributed by atoms with van der Waals surface area (Å²) in [4.78, 5) is 3.79. The molecule has 0 fully saturated rings. The number of nitrogens with zero attached hydrogens (tertiary/aromatic N) is 3. The Morgan fingerprint density at radius 2 is 2.10 bits per heavy atom. The van der Waals surface area contributed by atoms with Crippen molar-refractivity contribution in [2.24, 2.45) is 0 Å². The van der Waals surface area contributed by atoms with Gasteiger partial charge in [-0.3, -0.25) is 4.68 Å². The van der Waals surface area contributed by atoms with Crippen LogP contribution >= 0.6 is 15.9 Å². The van der Waals surface area contributed by atoms with Crippen molar-refractivity contribution < 1.29 is 13.5 Å². The van der Waals surface area contributed by atoms with E-state index in [0.717, 1.165) is 18.0 Å². The van der Waals surface area contributed by atoms with Gasteiger partial charge in [-0.15, -0.1) is 0 Å². The van der Waals surface area contributed by atoms with Crippen LogP contribution in [0.15, 0.2) is 16.7 Å². The lowest BCUT2D eigenvalue weighted by Crippen LogP contribution is -2.36. The van der Waals surface area contributed by atoms with E-state index in [2.05, 4.69) is 26.0 Å². The van der Waals surface area contributed by atoms with Crippen LogP contribution in [-0.4, -0.2) is 20.4 Å². The summed E-state index contributed by atoms with van der Waals surface area (Å²) in [5.74, 6) is -1.45. The SMILES string of the molecule is CC1(C)Cn2nc(-c3ncc(F)cc3F)c(Br)c2CO1. The molecule has 0 N–H and O–H groups in total. The third-order valence-electron chi connectivity index (χ3n) is 3.16. The second-order valence-electron chi connectivity index (χ2n) is 5.30. The summed E-state index contributed by atoms with van der Waals surface area (Å²) in [5.41, 5.74) is 0.881. The van der Waals surface area contributed by atoms with E-state index in [0.29, 0.717) is 23.3 Å². The van der Waals surface area contributed by atoms with Crippen LogP contribution in [0.25, 0.3) is 11.4 Å². The maximum absolute atomic E-state index is 13.8. The van der Waals surface area contributed by atoms with Gasteiger partial charge in [0.15, 0.2) is 5.82 Å². The lowest BCUT2D eigenvalue weighted by Gasteiger charge is -2.30. The van der Waals surface area contributed by atoms with Crippen LogP contribution in [0.2, 0.25) is 0 Å². The van der Waals surface area contributed by atoms with Crippen LogP contribution in [0.1, 0.15) is 19.5 Å². The number of pyridine rings is 1. The van der Waals surface area contributed by atoms with Crippen molar-refractivity contribution in [2.45, 2.75) is 32.6 Å². The number of halogens is 3. The molecule has 4 nitrogen and oxygen atoms in total. The highest BCUT2D eigenvalue weighted by atomic mass is 79.9. The van der Waals surface area contributed by atoms with Crippen LogP contribution < -0.4 is 0 Å². The molecule has 0 bridgehead atoms. The van der Waals surface area contributed by atoms with Crippen molar-refractivity contribution in [1.82, 2.24) is 14.8 Å². The molecule has 2 aromatic heterocycles. The first kappa shape index (κ1) is 13.6. The molecule has 0 atom stereocenters. The molecule has 0 unspecified atom stereocenters. The molecule has 0 spiro atoms. The lowest BCUT2D eigenvalue weighted by atomic mass is 10.1. The molecule has 0 aromatic carbocycles. The number of ether oxygens (including phenoxy) is 1. The van der Waals surface area contributed by atoms with Gasteiger partial charge in [-0.1, -0.05) is 0 Å². The average Bonchev–Trinajstić information content (AvgIpc) is 2.64. The van der Waals surface area contributed by atoms with Crippen LogP contribution in [0.3, 0.4) is 0 Å². The minimum absolute atomic E-state index is 0.0259. The summed E-state index contributed by atoms with van der Waals surface area (Å²) in [6.45, 7) is 4.86. The number of hydrogen-bond donors (Lipinski definition) is 0. The molecule has 0 saturated carbocycles. The van der Waals surface area contributed by atoms with Crippen molar-refractivity contribution in [3.8, 4) is 11.4 Å². The summed E-state index contributed by atoms with van der Waals surface area (Å²) >= 11 is 3.40. The zero-order valence-electron chi connectivity index (χ0n) is 11.0. The largest absolute Gasteiger partial charge is 0.367 e. The fraction of sp³-hybridized carbons (Fsp3) is 0.385. The van der Waals surface area contributed by atoms with Gasteiger partial charge in [0.25, 0.3) is 0 Å². The Balaban J connectivity index is 2.10. The topological polar surface area (TPSA) is 39.9 Å². The molecule has 2 aromatic rings. The molecular formula is C13H12BrF2N3O. The fourth-order valence-electron chi connectivity index (χ4n) is 2.15. The standard InChI is InChI=1S/C13H12BrF2N3O/c1-13(2)6-19-9(5-20-13)10(14)12(18-19)11-8(16)3-7(15)4-17-11/h3-4H,5-6H2,1-2H3. The third kappa shape index (κ3) is 2.25. The number of rotatable bonds is 1. The van der Waals surface area contributed by atoms with Gasteiger partial charge in [-0.05, 0) is 29.8 Å². The van der Waals surface area contributed by atoms with Gasteiger partial charge in [0.05, 0.1) is 35.1 Å². The molecule has 0 radical (unpaired) electrons. The van der Waals surface area contributed by atoms with E-state index in [-0.39, 0.29) is 11.3 Å². The molecule has 20 heavy (non-hydrogen) atoms. The van der Waals surface area contributed by atoms with Crippen LogP contribution in [0.4, 0.5) is 8.78 Å². The second kappa shape index (κ2) is 4.60. The van der Waals surface area contributed by atoms with E-state index in [1.165, 1.54) is 0 Å². The Kier molecular flexibility index (Phi) is 3.13. The van der Waals surface area contributed by atoms with E-state index < -0.39 is 11.6 Å². The zero-order valence-corrected chi connectivity index (χ0v) is 12.5. The first-order valence-corrected chi connectivity index (χ1v) is 6.87. The zero-order chi connectivity index (χ0) is 14.5. The van der Waals surface area contributed by atoms with Gasteiger partial charge in [0.1, 0.15) is 17.2 Å². The summed E-state index contributed by atoms with van der Waals surface area (Å²) < 4.78 is 34.9. The minimum atomic E-state index is -0.735. The molecule has 0 amide bonds. The predicted octanol–water partition coefficient (Wildman–Crippen LogP) is 3.29. The van der Waals surface area contributed by atoms with Crippen LogP contribution in [0.5, 0.6) is 0 Å². The van der Waals surface area contributed by atoms with E-state index in [9.17, 15) is 8.78 Å². The Hall–Kier alpha value is -1.34. The van der Waals surface area contributed by atoms with Crippen molar-refractivity contribution in [1.29, 1.82) is 0 Å². The Morgan fingerprint density at radius 1 is 1.35 bits per heavy atom. The molecule has 106 valence electrons. The van der Waals surface area contributed by atoms with Gasteiger partial charge in [-0.25, -0.2) is 13.8 Å². The summed E-state index contributed by atoms with van der Waals surface area (Å²) in [6.07, 6.45) is 0.976. The van der Waals surface area contributed by atoms with Crippen molar-refractivity contribution in [3.63, 3.8) is 0 Å². The maximum atomic E-state index is 13.8. The summed E-state index contributed by atoms with van der Waals surface area (Å²) in [5, 5.41) is 4.37. The molecule has 0 saturated heterocycles. The van der Waals surface area contributed by atoms with Gasteiger partial charge in [0, 0.05) is 6.07 Å². The normalized spacial score (nSPS) is 17.1. The molecule has 1 aliphatic heterocycles. The summed E-state index contributed by atoms with van der Waals surface area (Å²) in [7, 11) is 0. The molecular weight excluding hydrogens is 332 g/mol. The second-order valence-corrected chi connectivity index (χ2v) is 6.09. The van der Waals surface area contributed by atoms with Gasteiger partial charge in [0.2, 0.25) is 0 Å². The number of hydrogen-bond acceptors (Lipinski definition) is 3. The van der Waals surface area contributed by atoms with E-state index in [1.807, 2.05) is 13.8 Å². The van der Waals surface area contributed by atoms with Crippen molar-refractivity contribution in [3.05, 3.63) is 34.1 Å². The molecule has 3 rings (SSSR count). The molecule has 1 aliphatic rings. The quantitative estimate of drug-likeness (QED) is 0.797. The van der Waals surface area contributed by atoms with Crippen LogP contribution in [0, 0.1) is 11.6 Å². The van der Waals surface area contributed by atoms with Gasteiger partial charge < -0.3 is 4.74 Å². The maximum Gasteiger partial charge on any atom is 0.154 e. The first-order chi connectivity index (χ1) is 9.37. The average molecular weight is 344 g/mol. The van der Waals surface area contributed by atoms with Gasteiger partial charge >= 0.3 is 0 Å². The van der Waals surface area contributed by atoms with E-state index >= 15 is 0 Å². The number of aromatic nitrogens is 3. The molecule has 3 heterocycles. The minimum Gasteiger partial charge on any atom is -0.367 e. The molecule has 0 aliphatic carbocycles. The van der Waals surface area contributed by atoms with E-state index in [4.69, 9.17) is 4.74 Å². The van der Waals surface area contributed by atoms with Crippen molar-refractivity contribution >= 4 is 15.9 Å². The Labute approximate surface area is 122 Å². The highest BCUT2D eigenvalue weighted by Crippen LogP contribution is 2.35. The number of fused-ring (bicyclic) bond motifs is 1. The smallest absolute Gasteiger partial charge is 0.154 e. The van der Waals surface area contributed by atoms with E-state index in [1.54, 1.807) is 4.68 Å². The predicted molar refractivity (Wildman–Crippen MR) is 71.9 cm³/mol.